The summed E-state index contributed by atoms with van der Waals surface area (Å²) in [5.74, 6) is 1.00. The molecule has 0 fully saturated rings. The summed E-state index contributed by atoms with van der Waals surface area (Å²) in [5, 5.41) is 9.48. The first-order valence-corrected chi connectivity index (χ1v) is 11.3. The van der Waals surface area contributed by atoms with Gasteiger partial charge in [0.15, 0.2) is 16.8 Å². The molecule has 0 aliphatic carbocycles. The van der Waals surface area contributed by atoms with E-state index in [9.17, 15) is 9.59 Å². The minimum atomic E-state index is 0.0197. The smallest absolute Gasteiger partial charge is 0.214 e. The molecule has 1 aromatic heterocycles. The summed E-state index contributed by atoms with van der Waals surface area (Å²) in [6, 6.07) is 25.3. The molecule has 32 heavy (non-hydrogen) atoms. The standard InChI is InChI=1S/C25H20N4O2S/c30-17-28-14-13-19-15-20(11-12-22(19)28)23(31)16-32-25-27-26-24(18-7-3-1-4-8-18)29(25)21-9-5-2-6-10-21/h1-12,15,17H,13-14,16H2. The number of thioether (sulfide) groups is 1. The zero-order valence-electron chi connectivity index (χ0n) is 17.2. The lowest BCUT2D eigenvalue weighted by Gasteiger charge is -2.11. The van der Waals surface area contributed by atoms with E-state index in [4.69, 9.17) is 0 Å². The van der Waals surface area contributed by atoms with Crippen molar-refractivity contribution in [3.8, 4) is 17.1 Å². The lowest BCUT2D eigenvalue weighted by Crippen LogP contribution is -2.17. The van der Waals surface area contributed by atoms with E-state index in [-0.39, 0.29) is 11.5 Å². The van der Waals surface area contributed by atoms with Crippen LogP contribution >= 0.6 is 11.8 Å². The molecular formula is C25H20N4O2S. The van der Waals surface area contributed by atoms with Crippen LogP contribution in [-0.2, 0) is 11.2 Å². The molecule has 0 saturated heterocycles. The number of carbonyl (C=O) groups is 2. The summed E-state index contributed by atoms with van der Waals surface area (Å²) >= 11 is 1.37. The van der Waals surface area contributed by atoms with Crippen LogP contribution in [0.3, 0.4) is 0 Å². The second-order valence-electron chi connectivity index (χ2n) is 7.45. The Hall–Kier alpha value is -3.71. The Labute approximate surface area is 189 Å². The maximum absolute atomic E-state index is 12.9. The Morgan fingerprint density at radius 1 is 0.969 bits per heavy atom. The highest BCUT2D eigenvalue weighted by Crippen LogP contribution is 2.30. The number of benzene rings is 3. The van der Waals surface area contributed by atoms with Crippen molar-refractivity contribution in [1.29, 1.82) is 0 Å². The SMILES string of the molecule is O=CN1CCc2cc(C(=O)CSc3nnc(-c4ccccc4)n3-c3ccccc3)ccc21. The molecule has 6 nitrogen and oxygen atoms in total. The number of carbonyl (C=O) groups excluding carboxylic acids is 2. The van der Waals surface area contributed by atoms with Crippen LogP contribution in [-0.4, -0.2) is 39.3 Å². The minimum Gasteiger partial charge on any atom is -0.314 e. The fourth-order valence-electron chi connectivity index (χ4n) is 3.87. The van der Waals surface area contributed by atoms with Crippen LogP contribution in [0, 0.1) is 0 Å². The quantitative estimate of drug-likeness (QED) is 0.242. The van der Waals surface area contributed by atoms with Gasteiger partial charge in [-0.1, -0.05) is 60.3 Å². The van der Waals surface area contributed by atoms with E-state index in [2.05, 4.69) is 10.2 Å². The van der Waals surface area contributed by atoms with E-state index < -0.39 is 0 Å². The fourth-order valence-corrected chi connectivity index (χ4v) is 4.72. The molecule has 0 N–H and O–H groups in total. The predicted octanol–water partition coefficient (Wildman–Crippen LogP) is 4.43. The number of Topliss-reactive ketones (excluding diaryl/α,β-unsaturated/α-hetero) is 1. The minimum absolute atomic E-state index is 0.0197. The molecule has 5 rings (SSSR count). The molecule has 1 amide bonds. The lowest BCUT2D eigenvalue weighted by atomic mass is 10.1. The number of hydrogen-bond acceptors (Lipinski definition) is 5. The van der Waals surface area contributed by atoms with Gasteiger partial charge in [-0.3, -0.25) is 14.2 Å². The van der Waals surface area contributed by atoms with Gasteiger partial charge in [-0.25, -0.2) is 0 Å². The number of rotatable bonds is 7. The summed E-state index contributed by atoms with van der Waals surface area (Å²) in [6.45, 7) is 0.660. The maximum atomic E-state index is 12.9. The molecule has 0 spiro atoms. The molecule has 7 heteroatoms. The van der Waals surface area contributed by atoms with E-state index in [1.807, 2.05) is 77.4 Å². The van der Waals surface area contributed by atoms with E-state index >= 15 is 0 Å². The monoisotopic (exact) mass is 440 g/mol. The predicted molar refractivity (Wildman–Crippen MR) is 125 cm³/mol. The van der Waals surface area contributed by atoms with Gasteiger partial charge in [-0.2, -0.15) is 0 Å². The Bertz CT molecular complexity index is 1270. The van der Waals surface area contributed by atoms with Crippen LogP contribution in [0.15, 0.2) is 84.0 Å². The van der Waals surface area contributed by atoms with Gasteiger partial charge in [0.25, 0.3) is 0 Å². The molecule has 0 bridgehead atoms. The molecule has 2 heterocycles. The first kappa shape index (κ1) is 20.2. The third-order valence-electron chi connectivity index (χ3n) is 5.47. The molecule has 4 aromatic rings. The first-order chi connectivity index (χ1) is 15.7. The number of ketones is 1. The van der Waals surface area contributed by atoms with Gasteiger partial charge in [0.1, 0.15) is 0 Å². The van der Waals surface area contributed by atoms with Crippen molar-refractivity contribution in [3.05, 3.63) is 90.0 Å². The first-order valence-electron chi connectivity index (χ1n) is 10.3. The van der Waals surface area contributed by atoms with Crippen molar-refractivity contribution in [3.63, 3.8) is 0 Å². The lowest BCUT2D eigenvalue weighted by molar-refractivity contribution is -0.107. The number of amides is 1. The van der Waals surface area contributed by atoms with Crippen LogP contribution < -0.4 is 4.90 Å². The number of hydrogen-bond donors (Lipinski definition) is 0. The normalized spacial score (nSPS) is 12.6. The average molecular weight is 441 g/mol. The number of fused-ring (bicyclic) bond motifs is 1. The van der Waals surface area contributed by atoms with Gasteiger partial charge < -0.3 is 4.90 Å². The van der Waals surface area contributed by atoms with Crippen LogP contribution in [0.2, 0.25) is 0 Å². The van der Waals surface area contributed by atoms with Crippen LogP contribution in [0.1, 0.15) is 15.9 Å². The second-order valence-corrected chi connectivity index (χ2v) is 8.39. The van der Waals surface area contributed by atoms with Crippen molar-refractivity contribution in [1.82, 2.24) is 14.8 Å². The van der Waals surface area contributed by atoms with Gasteiger partial charge >= 0.3 is 0 Å². The van der Waals surface area contributed by atoms with Gasteiger partial charge in [0, 0.05) is 29.0 Å². The number of aromatic nitrogens is 3. The van der Waals surface area contributed by atoms with Gasteiger partial charge in [0.2, 0.25) is 6.41 Å². The highest BCUT2D eigenvalue weighted by molar-refractivity contribution is 7.99. The van der Waals surface area contributed by atoms with Gasteiger partial charge in [-0.15, -0.1) is 10.2 Å². The third-order valence-corrected chi connectivity index (χ3v) is 6.40. The summed E-state index contributed by atoms with van der Waals surface area (Å²) in [6.07, 6.45) is 1.61. The highest BCUT2D eigenvalue weighted by Gasteiger charge is 2.21. The van der Waals surface area contributed by atoms with Crippen LogP contribution in [0.5, 0.6) is 0 Å². The van der Waals surface area contributed by atoms with Crippen LogP contribution in [0.4, 0.5) is 5.69 Å². The Morgan fingerprint density at radius 3 is 2.47 bits per heavy atom. The maximum Gasteiger partial charge on any atom is 0.214 e. The largest absolute Gasteiger partial charge is 0.314 e. The number of nitrogens with zero attached hydrogens (tertiary/aromatic N) is 4. The van der Waals surface area contributed by atoms with E-state index in [1.165, 1.54) is 11.8 Å². The van der Waals surface area contributed by atoms with Crippen molar-refractivity contribution < 1.29 is 9.59 Å². The molecule has 1 aliphatic heterocycles. The van der Waals surface area contributed by atoms with Crippen molar-refractivity contribution >= 4 is 29.6 Å². The zero-order chi connectivity index (χ0) is 21.9. The van der Waals surface area contributed by atoms with E-state index in [1.54, 1.807) is 11.0 Å². The topological polar surface area (TPSA) is 68.1 Å². The summed E-state index contributed by atoms with van der Waals surface area (Å²) < 4.78 is 1.98. The molecule has 1 aliphatic rings. The summed E-state index contributed by atoms with van der Waals surface area (Å²) in [7, 11) is 0. The molecule has 0 radical (unpaired) electrons. The molecule has 3 aromatic carbocycles. The van der Waals surface area contributed by atoms with E-state index in [0.717, 1.165) is 41.2 Å². The highest BCUT2D eigenvalue weighted by atomic mass is 32.2. The summed E-state index contributed by atoms with van der Waals surface area (Å²) in [5.41, 5.74) is 4.48. The molecular weight excluding hydrogens is 420 g/mol. The Balaban J connectivity index is 1.41. The summed E-state index contributed by atoms with van der Waals surface area (Å²) in [4.78, 5) is 25.7. The van der Waals surface area contributed by atoms with Crippen molar-refractivity contribution in [2.75, 3.05) is 17.2 Å². The van der Waals surface area contributed by atoms with Gasteiger partial charge in [-0.05, 0) is 42.3 Å². The second kappa shape index (κ2) is 8.80. The average Bonchev–Trinajstić information content (AvgIpc) is 3.47. The Morgan fingerprint density at radius 2 is 1.72 bits per heavy atom. The molecule has 0 unspecified atom stereocenters. The zero-order valence-corrected chi connectivity index (χ0v) is 18.0. The van der Waals surface area contributed by atoms with Crippen molar-refractivity contribution in [2.45, 2.75) is 11.6 Å². The van der Waals surface area contributed by atoms with Crippen LogP contribution in [0.25, 0.3) is 17.1 Å². The third kappa shape index (κ3) is 3.83. The van der Waals surface area contributed by atoms with Gasteiger partial charge in [0.05, 0.1) is 5.75 Å². The Kier molecular flexibility index (Phi) is 5.56. The number of anilines is 1. The number of para-hydroxylation sites is 1. The van der Waals surface area contributed by atoms with Crippen molar-refractivity contribution in [2.24, 2.45) is 0 Å². The molecule has 0 atom stereocenters. The molecule has 158 valence electrons. The van der Waals surface area contributed by atoms with E-state index in [0.29, 0.717) is 17.3 Å². The molecule has 0 saturated carbocycles. The fraction of sp³-hybridized carbons (Fsp3) is 0.120.